The number of urea groups is 1. The van der Waals surface area contributed by atoms with Gasteiger partial charge in [0.1, 0.15) is 6.04 Å². The van der Waals surface area contributed by atoms with Crippen LogP contribution in [0.4, 0.5) is 4.79 Å². The average molecular weight is 229 g/mol. The minimum absolute atomic E-state index is 0.241. The third kappa shape index (κ3) is 6.55. The van der Waals surface area contributed by atoms with E-state index in [0.29, 0.717) is 0 Å². The van der Waals surface area contributed by atoms with Gasteiger partial charge in [-0.05, 0) is 6.92 Å². The Morgan fingerprint density at radius 1 is 1.44 bits per heavy atom. The molecule has 0 fully saturated rings. The molecule has 0 saturated carbocycles. The lowest BCUT2D eigenvalue weighted by molar-refractivity contribution is -0.139. The van der Waals surface area contributed by atoms with Gasteiger partial charge in [0.05, 0.1) is 6.54 Å². The second kappa shape index (κ2) is 7.41. The van der Waals surface area contributed by atoms with Crippen molar-refractivity contribution in [3.8, 4) is 0 Å². The van der Waals surface area contributed by atoms with Crippen molar-refractivity contribution in [1.29, 1.82) is 0 Å². The average Bonchev–Trinajstić information content (AvgIpc) is 2.22. The second-order valence-electron chi connectivity index (χ2n) is 2.99. The molecule has 16 heavy (non-hydrogen) atoms. The van der Waals surface area contributed by atoms with E-state index in [-0.39, 0.29) is 13.1 Å². The predicted octanol–water partition coefficient (Wildman–Crippen LogP) is -0.939. The summed E-state index contributed by atoms with van der Waals surface area (Å²) in [4.78, 5) is 32.4. The zero-order valence-corrected chi connectivity index (χ0v) is 8.95. The molecule has 0 spiro atoms. The summed E-state index contributed by atoms with van der Waals surface area (Å²) in [6, 6.07) is -1.49. The first kappa shape index (κ1) is 14.1. The van der Waals surface area contributed by atoms with Crippen LogP contribution in [-0.4, -0.2) is 42.1 Å². The van der Waals surface area contributed by atoms with Gasteiger partial charge in [-0.15, -0.1) is 6.58 Å². The van der Waals surface area contributed by atoms with Crippen molar-refractivity contribution in [1.82, 2.24) is 16.0 Å². The van der Waals surface area contributed by atoms with E-state index in [1.807, 2.05) is 5.32 Å². The molecule has 0 aromatic carbocycles. The first-order valence-corrected chi connectivity index (χ1v) is 4.62. The molecule has 0 bridgehead atoms. The Morgan fingerprint density at radius 3 is 2.56 bits per heavy atom. The Hall–Kier alpha value is -1.89. The number of nitrogens with one attached hydrogen (secondary N) is 3. The summed E-state index contributed by atoms with van der Waals surface area (Å²) in [5, 5.41) is 15.3. The second-order valence-corrected chi connectivity index (χ2v) is 2.99. The molecule has 0 aliphatic rings. The Morgan fingerprint density at radius 2 is 2.06 bits per heavy atom. The van der Waals surface area contributed by atoms with Crippen molar-refractivity contribution in [2.75, 3.05) is 13.1 Å². The van der Waals surface area contributed by atoms with E-state index in [1.54, 1.807) is 0 Å². The summed E-state index contributed by atoms with van der Waals surface area (Å²) in [6.07, 6.45) is 1.47. The van der Waals surface area contributed by atoms with Crippen LogP contribution in [0.1, 0.15) is 6.92 Å². The summed E-state index contributed by atoms with van der Waals surface area (Å²) in [7, 11) is 0. The molecule has 1 unspecified atom stereocenters. The Labute approximate surface area is 92.9 Å². The number of imide groups is 1. The van der Waals surface area contributed by atoms with E-state index >= 15 is 0 Å². The van der Waals surface area contributed by atoms with Crippen LogP contribution < -0.4 is 16.0 Å². The normalized spacial score (nSPS) is 11.3. The summed E-state index contributed by atoms with van der Waals surface area (Å²) < 4.78 is 0. The Bertz CT molecular complexity index is 290. The van der Waals surface area contributed by atoms with Crippen LogP contribution in [0, 0.1) is 0 Å². The summed E-state index contributed by atoms with van der Waals surface area (Å²) in [6.45, 7) is 4.79. The fourth-order valence-corrected chi connectivity index (χ4v) is 0.713. The van der Waals surface area contributed by atoms with Crippen LogP contribution in [-0.2, 0) is 9.59 Å². The van der Waals surface area contributed by atoms with Gasteiger partial charge < -0.3 is 10.4 Å². The summed E-state index contributed by atoms with van der Waals surface area (Å²) in [5.74, 6) is -1.67. The molecule has 0 rings (SSSR count). The van der Waals surface area contributed by atoms with Gasteiger partial charge in [-0.1, -0.05) is 6.08 Å². The molecular formula is C9H15N3O4. The number of carboxylic acid groups (broad SMARTS) is 1. The maximum Gasteiger partial charge on any atom is 0.321 e. The Kier molecular flexibility index (Phi) is 6.53. The third-order valence-corrected chi connectivity index (χ3v) is 1.60. The molecule has 7 heteroatoms. The number of hydrogen-bond acceptors (Lipinski definition) is 4. The van der Waals surface area contributed by atoms with E-state index in [1.165, 1.54) is 13.0 Å². The largest absolute Gasteiger partial charge is 0.480 e. The number of aliphatic carboxylic acids is 1. The number of carbonyl (C=O) groups is 3. The molecular weight excluding hydrogens is 214 g/mol. The molecule has 1 atom stereocenters. The van der Waals surface area contributed by atoms with Crippen LogP contribution in [0.5, 0.6) is 0 Å². The van der Waals surface area contributed by atoms with Crippen LogP contribution >= 0.6 is 0 Å². The highest BCUT2D eigenvalue weighted by Gasteiger charge is 2.12. The smallest absolute Gasteiger partial charge is 0.321 e. The quantitative estimate of drug-likeness (QED) is 0.440. The first-order valence-electron chi connectivity index (χ1n) is 4.62. The van der Waals surface area contributed by atoms with Crippen molar-refractivity contribution in [3.05, 3.63) is 12.7 Å². The molecule has 0 aromatic rings. The zero-order chi connectivity index (χ0) is 12.6. The standard InChI is InChI=1S/C9H15N3O4/c1-3-4-10-9(16)12-7(13)5-11-6(2)8(14)15/h3,6,11H,1,4-5H2,2H3,(H,14,15)(H2,10,12,13,16). The topological polar surface area (TPSA) is 108 Å². The van der Waals surface area contributed by atoms with Gasteiger partial charge in [-0.2, -0.15) is 0 Å². The molecule has 90 valence electrons. The van der Waals surface area contributed by atoms with E-state index in [4.69, 9.17) is 5.11 Å². The maximum atomic E-state index is 11.1. The SMILES string of the molecule is C=CCNC(=O)NC(=O)CNC(C)C(=O)O. The van der Waals surface area contributed by atoms with Gasteiger partial charge in [0, 0.05) is 6.54 Å². The monoisotopic (exact) mass is 229 g/mol. The number of hydrogen-bond donors (Lipinski definition) is 4. The molecule has 0 saturated heterocycles. The minimum atomic E-state index is -1.07. The molecule has 0 radical (unpaired) electrons. The molecule has 7 nitrogen and oxygen atoms in total. The van der Waals surface area contributed by atoms with Crippen LogP contribution in [0.15, 0.2) is 12.7 Å². The van der Waals surface area contributed by atoms with Gasteiger partial charge in [0.15, 0.2) is 0 Å². The van der Waals surface area contributed by atoms with Crippen molar-refractivity contribution in [3.63, 3.8) is 0 Å². The van der Waals surface area contributed by atoms with Crippen molar-refractivity contribution < 1.29 is 19.5 Å². The minimum Gasteiger partial charge on any atom is -0.480 e. The number of amides is 3. The molecule has 0 aromatic heterocycles. The van der Waals surface area contributed by atoms with Crippen LogP contribution in [0.3, 0.4) is 0 Å². The van der Waals surface area contributed by atoms with Crippen molar-refractivity contribution in [2.24, 2.45) is 0 Å². The zero-order valence-electron chi connectivity index (χ0n) is 8.95. The number of rotatable bonds is 6. The number of carboxylic acids is 1. The van der Waals surface area contributed by atoms with Gasteiger partial charge >= 0.3 is 12.0 Å². The van der Waals surface area contributed by atoms with Crippen LogP contribution in [0.25, 0.3) is 0 Å². The van der Waals surface area contributed by atoms with Crippen LogP contribution in [0.2, 0.25) is 0 Å². The predicted molar refractivity (Wildman–Crippen MR) is 56.8 cm³/mol. The summed E-state index contributed by atoms with van der Waals surface area (Å²) in [5.41, 5.74) is 0. The van der Waals surface area contributed by atoms with Gasteiger partial charge in [0.25, 0.3) is 0 Å². The highest BCUT2D eigenvalue weighted by atomic mass is 16.4. The van der Waals surface area contributed by atoms with E-state index in [9.17, 15) is 14.4 Å². The lowest BCUT2D eigenvalue weighted by Gasteiger charge is -2.08. The van der Waals surface area contributed by atoms with Gasteiger partial charge in [-0.25, -0.2) is 4.79 Å². The maximum absolute atomic E-state index is 11.1. The van der Waals surface area contributed by atoms with Crippen molar-refractivity contribution >= 4 is 17.9 Å². The highest BCUT2D eigenvalue weighted by molar-refractivity contribution is 5.95. The molecule has 3 amide bonds. The lowest BCUT2D eigenvalue weighted by Crippen LogP contribution is -2.46. The third-order valence-electron chi connectivity index (χ3n) is 1.60. The molecule has 0 aliphatic carbocycles. The van der Waals surface area contributed by atoms with E-state index in [2.05, 4.69) is 17.2 Å². The number of carbonyl (C=O) groups excluding carboxylic acids is 2. The fourth-order valence-electron chi connectivity index (χ4n) is 0.713. The lowest BCUT2D eigenvalue weighted by atomic mass is 10.3. The molecule has 0 aliphatic heterocycles. The van der Waals surface area contributed by atoms with E-state index < -0.39 is 23.9 Å². The molecule has 4 N–H and O–H groups in total. The fraction of sp³-hybridized carbons (Fsp3) is 0.444. The van der Waals surface area contributed by atoms with E-state index in [0.717, 1.165) is 0 Å². The molecule has 0 heterocycles. The van der Waals surface area contributed by atoms with Gasteiger partial charge in [-0.3, -0.25) is 20.2 Å². The Balaban J connectivity index is 3.78. The first-order chi connectivity index (χ1) is 7.47. The highest BCUT2D eigenvalue weighted by Crippen LogP contribution is 1.79. The van der Waals surface area contributed by atoms with Gasteiger partial charge in [0.2, 0.25) is 5.91 Å². The summed E-state index contributed by atoms with van der Waals surface area (Å²) >= 11 is 0. The van der Waals surface area contributed by atoms with Crippen molar-refractivity contribution in [2.45, 2.75) is 13.0 Å².